The number of ether oxygens (including phenoxy) is 1. The minimum Gasteiger partial charge on any atom is -0.389 e. The third-order valence-corrected chi connectivity index (χ3v) is 1.23. The van der Waals surface area contributed by atoms with Gasteiger partial charge in [0.2, 0.25) is 0 Å². The summed E-state index contributed by atoms with van der Waals surface area (Å²) in [6.45, 7) is 2.89. The van der Waals surface area contributed by atoms with Crippen molar-refractivity contribution in [2.75, 3.05) is 13.7 Å². The molecule has 2 unspecified atom stereocenters. The first-order chi connectivity index (χ1) is 4.63. The van der Waals surface area contributed by atoms with Crippen LogP contribution in [-0.4, -0.2) is 36.8 Å². The Morgan fingerprint density at radius 2 is 2.40 bits per heavy atom. The quantitative estimate of drug-likeness (QED) is 0.518. The number of aliphatic hydroxyl groups excluding tert-OH is 1. The number of nitrogens with two attached hydrogens (primary N) is 1. The van der Waals surface area contributed by atoms with Crippen LogP contribution >= 0.6 is 0 Å². The molecule has 0 spiro atoms. The standard InChI is InChI=1S/C6H12NO3/c1-4(10-2)6(7)5(9)3-8/h4,6,8H,1,3,7H2,2H3. The number of aliphatic hydroxyl groups is 1. The normalized spacial score (nSPS) is 16.4. The Hall–Kier alpha value is -0.450. The SMILES string of the molecule is [CH2]C(OC)C(N)C(=O)CO. The summed E-state index contributed by atoms with van der Waals surface area (Å²) in [6.07, 6.45) is -0.584. The van der Waals surface area contributed by atoms with Gasteiger partial charge in [-0.3, -0.25) is 4.79 Å². The minimum atomic E-state index is -0.824. The van der Waals surface area contributed by atoms with E-state index in [1.165, 1.54) is 7.11 Å². The van der Waals surface area contributed by atoms with Crippen LogP contribution in [0.25, 0.3) is 0 Å². The molecule has 0 aliphatic heterocycles. The van der Waals surface area contributed by atoms with Gasteiger partial charge in [0, 0.05) is 7.11 Å². The van der Waals surface area contributed by atoms with Gasteiger partial charge >= 0.3 is 0 Å². The third-order valence-electron chi connectivity index (χ3n) is 1.23. The number of hydrogen-bond donors (Lipinski definition) is 2. The molecule has 0 rings (SSSR count). The Balaban J connectivity index is 3.81. The number of methoxy groups -OCH3 is 1. The van der Waals surface area contributed by atoms with Gasteiger partial charge in [-0.1, -0.05) is 0 Å². The van der Waals surface area contributed by atoms with Crippen LogP contribution in [0.1, 0.15) is 0 Å². The first-order valence-electron chi connectivity index (χ1n) is 2.88. The van der Waals surface area contributed by atoms with Gasteiger partial charge in [-0.25, -0.2) is 0 Å². The van der Waals surface area contributed by atoms with Crippen LogP contribution in [0.3, 0.4) is 0 Å². The fourth-order valence-electron chi connectivity index (χ4n) is 0.459. The van der Waals surface area contributed by atoms with Crippen molar-refractivity contribution in [2.45, 2.75) is 12.1 Å². The molecule has 0 heterocycles. The maximum absolute atomic E-state index is 10.6. The fraction of sp³-hybridized carbons (Fsp3) is 0.667. The van der Waals surface area contributed by atoms with Crippen molar-refractivity contribution in [3.05, 3.63) is 6.92 Å². The van der Waals surface area contributed by atoms with E-state index in [-0.39, 0.29) is 0 Å². The molecule has 59 valence electrons. The van der Waals surface area contributed by atoms with Crippen molar-refractivity contribution in [1.29, 1.82) is 0 Å². The summed E-state index contributed by atoms with van der Waals surface area (Å²) in [5.41, 5.74) is 5.28. The van der Waals surface area contributed by atoms with Crippen LogP contribution in [0, 0.1) is 6.92 Å². The van der Waals surface area contributed by atoms with Crippen LogP contribution in [0.15, 0.2) is 0 Å². The summed E-state index contributed by atoms with van der Waals surface area (Å²) in [4.78, 5) is 10.6. The Bertz CT molecular complexity index is 116. The molecule has 0 fully saturated rings. The van der Waals surface area contributed by atoms with Crippen molar-refractivity contribution >= 4 is 5.78 Å². The van der Waals surface area contributed by atoms with Gasteiger partial charge in [0.15, 0.2) is 5.78 Å². The van der Waals surface area contributed by atoms with Crippen LogP contribution in [0.5, 0.6) is 0 Å². The number of carbonyl (C=O) groups is 1. The lowest BCUT2D eigenvalue weighted by Crippen LogP contribution is -2.42. The third kappa shape index (κ3) is 2.43. The van der Waals surface area contributed by atoms with Crippen molar-refractivity contribution < 1.29 is 14.6 Å². The molecule has 0 aromatic carbocycles. The zero-order chi connectivity index (χ0) is 8.15. The molecule has 0 saturated heterocycles. The molecular weight excluding hydrogens is 134 g/mol. The van der Waals surface area contributed by atoms with Gasteiger partial charge in [-0.15, -0.1) is 0 Å². The molecule has 0 aromatic rings. The van der Waals surface area contributed by atoms with E-state index >= 15 is 0 Å². The second kappa shape index (κ2) is 4.38. The van der Waals surface area contributed by atoms with Gasteiger partial charge < -0.3 is 15.6 Å². The van der Waals surface area contributed by atoms with E-state index in [0.717, 1.165) is 0 Å². The van der Waals surface area contributed by atoms with Crippen LogP contribution in [-0.2, 0) is 9.53 Å². The van der Waals surface area contributed by atoms with Crippen LogP contribution in [0.4, 0.5) is 0 Å². The first-order valence-corrected chi connectivity index (χ1v) is 2.88. The van der Waals surface area contributed by atoms with E-state index in [4.69, 9.17) is 10.8 Å². The van der Waals surface area contributed by atoms with Gasteiger partial charge in [0.1, 0.15) is 6.61 Å². The Morgan fingerprint density at radius 1 is 1.90 bits per heavy atom. The second-order valence-corrected chi connectivity index (χ2v) is 1.92. The first kappa shape index (κ1) is 9.55. The topological polar surface area (TPSA) is 72.5 Å². The number of carbonyl (C=O) groups excluding carboxylic acids is 1. The van der Waals surface area contributed by atoms with Gasteiger partial charge in [-0.2, -0.15) is 0 Å². The highest BCUT2D eigenvalue weighted by Gasteiger charge is 2.18. The molecule has 3 N–H and O–H groups in total. The lowest BCUT2D eigenvalue weighted by atomic mass is 10.1. The molecule has 2 atom stereocenters. The molecule has 0 aromatic heterocycles. The highest BCUT2D eigenvalue weighted by molar-refractivity contribution is 5.85. The lowest BCUT2D eigenvalue weighted by molar-refractivity contribution is -0.125. The van der Waals surface area contributed by atoms with Gasteiger partial charge in [-0.05, 0) is 6.92 Å². The van der Waals surface area contributed by atoms with E-state index in [1.54, 1.807) is 0 Å². The molecule has 0 bridgehead atoms. The largest absolute Gasteiger partial charge is 0.389 e. The Labute approximate surface area is 60.0 Å². The van der Waals surface area contributed by atoms with E-state index in [0.29, 0.717) is 0 Å². The Morgan fingerprint density at radius 3 is 2.70 bits per heavy atom. The van der Waals surface area contributed by atoms with Gasteiger partial charge in [0.25, 0.3) is 0 Å². The second-order valence-electron chi connectivity index (χ2n) is 1.92. The van der Waals surface area contributed by atoms with Crippen LogP contribution in [0.2, 0.25) is 0 Å². The predicted octanol–water partition coefficient (Wildman–Crippen LogP) is -1.28. The molecule has 1 radical (unpaired) electrons. The smallest absolute Gasteiger partial charge is 0.177 e. The van der Waals surface area contributed by atoms with Crippen molar-refractivity contribution in [2.24, 2.45) is 5.73 Å². The number of hydrogen-bond acceptors (Lipinski definition) is 4. The summed E-state index contributed by atoms with van der Waals surface area (Å²) < 4.78 is 4.67. The van der Waals surface area contributed by atoms with Crippen molar-refractivity contribution in [3.8, 4) is 0 Å². The lowest BCUT2D eigenvalue weighted by Gasteiger charge is -2.15. The van der Waals surface area contributed by atoms with E-state index in [9.17, 15) is 4.79 Å². The molecule has 4 nitrogen and oxygen atoms in total. The average molecular weight is 146 g/mol. The summed E-state index contributed by atoms with van der Waals surface area (Å²) in [5, 5.41) is 8.34. The van der Waals surface area contributed by atoms with Gasteiger partial charge in [0.05, 0.1) is 12.1 Å². The maximum Gasteiger partial charge on any atom is 0.177 e. The molecule has 0 aliphatic rings. The summed E-state index contributed by atoms with van der Waals surface area (Å²) >= 11 is 0. The molecule has 0 saturated carbocycles. The minimum absolute atomic E-state index is 0.457. The molecule has 0 amide bonds. The Kier molecular flexibility index (Phi) is 4.18. The zero-order valence-corrected chi connectivity index (χ0v) is 5.91. The van der Waals surface area contributed by atoms with E-state index in [2.05, 4.69) is 11.7 Å². The number of rotatable bonds is 4. The average Bonchev–Trinajstić information content (AvgIpc) is 2.00. The highest BCUT2D eigenvalue weighted by Crippen LogP contribution is 1.93. The predicted molar refractivity (Wildman–Crippen MR) is 36.2 cm³/mol. The maximum atomic E-state index is 10.6. The zero-order valence-electron chi connectivity index (χ0n) is 5.91. The summed E-state index contributed by atoms with van der Waals surface area (Å²) in [7, 11) is 1.40. The fourth-order valence-corrected chi connectivity index (χ4v) is 0.459. The molecule has 4 heteroatoms. The van der Waals surface area contributed by atoms with Crippen molar-refractivity contribution in [3.63, 3.8) is 0 Å². The molecule has 0 aliphatic carbocycles. The molecular formula is C6H12NO3. The summed E-state index contributed by atoms with van der Waals surface area (Å²) in [6, 6.07) is -0.824. The molecule has 10 heavy (non-hydrogen) atoms. The monoisotopic (exact) mass is 146 g/mol. The highest BCUT2D eigenvalue weighted by atomic mass is 16.5. The van der Waals surface area contributed by atoms with E-state index in [1.807, 2.05) is 0 Å². The summed E-state index contributed by atoms with van der Waals surface area (Å²) in [5.74, 6) is -0.457. The van der Waals surface area contributed by atoms with Crippen LogP contribution < -0.4 is 5.73 Å². The van der Waals surface area contributed by atoms with Crippen molar-refractivity contribution in [1.82, 2.24) is 0 Å². The number of ketones is 1. The van der Waals surface area contributed by atoms with E-state index < -0.39 is 24.5 Å². The number of Topliss-reactive ketones (excluding diaryl/α,β-unsaturated/α-hetero) is 1.